The van der Waals surface area contributed by atoms with Crippen molar-refractivity contribution >= 4 is 28.5 Å². The highest BCUT2D eigenvalue weighted by atomic mass is 32.2. The Kier molecular flexibility index (Phi) is 6.40. The fourth-order valence-corrected chi connectivity index (χ4v) is 5.14. The molecule has 0 spiro atoms. The highest BCUT2D eigenvalue weighted by molar-refractivity contribution is 8.00. The minimum atomic E-state index is -0.795. The van der Waals surface area contributed by atoms with Gasteiger partial charge in [0.05, 0.1) is 5.75 Å². The molecule has 0 unspecified atom stereocenters. The van der Waals surface area contributed by atoms with Crippen LogP contribution in [-0.4, -0.2) is 22.9 Å². The molecule has 2 N–H and O–H groups in total. The molecule has 4 rings (SSSR count). The summed E-state index contributed by atoms with van der Waals surface area (Å²) in [4.78, 5) is 11.7. The van der Waals surface area contributed by atoms with E-state index in [1.54, 1.807) is 6.07 Å². The highest BCUT2D eigenvalue weighted by Gasteiger charge is 2.27. The number of thioether (sulfide) groups is 1. The van der Waals surface area contributed by atoms with E-state index in [2.05, 4.69) is 24.4 Å². The molecule has 156 valence electrons. The number of carboxylic acids is 1. The van der Waals surface area contributed by atoms with Crippen LogP contribution >= 0.6 is 11.8 Å². The Morgan fingerprint density at radius 1 is 1.10 bits per heavy atom. The first-order chi connectivity index (χ1) is 14.5. The zero-order chi connectivity index (χ0) is 21.1. The lowest BCUT2D eigenvalue weighted by Crippen LogP contribution is -2.29. The van der Waals surface area contributed by atoms with Gasteiger partial charge in [0.2, 0.25) is 0 Å². The van der Waals surface area contributed by atoms with E-state index in [0.717, 1.165) is 35.1 Å². The van der Waals surface area contributed by atoms with Crippen LogP contribution in [0.4, 0.5) is 4.39 Å². The molecule has 3 aromatic rings. The molecule has 1 saturated carbocycles. The van der Waals surface area contributed by atoms with Crippen molar-refractivity contribution in [2.24, 2.45) is 0 Å². The van der Waals surface area contributed by atoms with Gasteiger partial charge in [-0.25, -0.2) is 4.39 Å². The molecule has 3 aromatic carbocycles. The number of carboxylic acid groups (broad SMARTS) is 1. The van der Waals surface area contributed by atoms with E-state index in [1.165, 1.54) is 17.3 Å². The zero-order valence-corrected chi connectivity index (χ0v) is 17.8. The molecule has 0 aromatic heterocycles. The molecule has 30 heavy (non-hydrogen) atoms. The molecule has 0 heterocycles. The van der Waals surface area contributed by atoms with Gasteiger partial charge in [0.25, 0.3) is 0 Å². The monoisotopic (exact) mass is 423 g/mol. The average molecular weight is 424 g/mol. The van der Waals surface area contributed by atoms with Crippen LogP contribution in [0, 0.1) is 5.82 Å². The normalized spacial score (nSPS) is 19.8. The van der Waals surface area contributed by atoms with Crippen molar-refractivity contribution in [2.75, 3.05) is 5.75 Å². The Balaban J connectivity index is 1.39. The fourth-order valence-electron chi connectivity index (χ4n) is 4.52. The summed E-state index contributed by atoms with van der Waals surface area (Å²) in [5.41, 5.74) is 2.45. The number of halogens is 1. The van der Waals surface area contributed by atoms with Crippen molar-refractivity contribution in [2.45, 2.75) is 49.1 Å². The number of aliphatic carboxylic acids is 1. The summed E-state index contributed by atoms with van der Waals surface area (Å²) in [7, 11) is 0. The van der Waals surface area contributed by atoms with Crippen LogP contribution in [0.1, 0.15) is 49.3 Å². The van der Waals surface area contributed by atoms with Crippen LogP contribution in [0.2, 0.25) is 0 Å². The molecular formula is C25H26FNO2S. The largest absolute Gasteiger partial charge is 0.481 e. The number of benzene rings is 3. The lowest BCUT2D eigenvalue weighted by Gasteiger charge is -2.22. The first-order valence-corrected chi connectivity index (χ1v) is 11.4. The Bertz CT molecular complexity index is 1040. The molecule has 0 amide bonds. The van der Waals surface area contributed by atoms with Gasteiger partial charge < -0.3 is 10.4 Å². The van der Waals surface area contributed by atoms with Crippen LogP contribution in [0.15, 0.2) is 65.6 Å². The van der Waals surface area contributed by atoms with Gasteiger partial charge in [-0.1, -0.05) is 42.5 Å². The molecule has 1 fully saturated rings. The minimum absolute atomic E-state index is 0.0880. The van der Waals surface area contributed by atoms with Crippen molar-refractivity contribution in [3.8, 4) is 0 Å². The maximum atomic E-state index is 14.1. The lowest BCUT2D eigenvalue weighted by atomic mass is 9.96. The van der Waals surface area contributed by atoms with E-state index in [1.807, 2.05) is 42.5 Å². The number of carbonyl (C=O) groups is 1. The van der Waals surface area contributed by atoms with Gasteiger partial charge in [-0.05, 0) is 66.8 Å². The zero-order valence-electron chi connectivity index (χ0n) is 17.0. The van der Waals surface area contributed by atoms with Gasteiger partial charge >= 0.3 is 5.97 Å². The van der Waals surface area contributed by atoms with Crippen molar-refractivity contribution in [1.29, 1.82) is 0 Å². The van der Waals surface area contributed by atoms with Gasteiger partial charge in [0.1, 0.15) is 5.82 Å². The van der Waals surface area contributed by atoms with E-state index in [4.69, 9.17) is 5.11 Å². The average Bonchev–Trinajstić information content (AvgIpc) is 3.21. The van der Waals surface area contributed by atoms with Gasteiger partial charge in [-0.2, -0.15) is 0 Å². The molecular weight excluding hydrogens is 397 g/mol. The molecule has 5 heteroatoms. The summed E-state index contributed by atoms with van der Waals surface area (Å²) in [5.74, 6) is -0.368. The summed E-state index contributed by atoms with van der Waals surface area (Å²) in [6.07, 6.45) is 3.32. The molecule has 3 nitrogen and oxygen atoms in total. The minimum Gasteiger partial charge on any atom is -0.481 e. The van der Waals surface area contributed by atoms with Gasteiger partial charge in [0.15, 0.2) is 0 Å². The smallest absolute Gasteiger partial charge is 0.313 e. The topological polar surface area (TPSA) is 49.3 Å². The van der Waals surface area contributed by atoms with Crippen LogP contribution in [0.25, 0.3) is 10.8 Å². The summed E-state index contributed by atoms with van der Waals surface area (Å²) in [5, 5.41) is 14.2. The third-order valence-corrected chi connectivity index (χ3v) is 7.00. The van der Waals surface area contributed by atoms with Crippen LogP contribution < -0.4 is 5.32 Å². The Morgan fingerprint density at radius 2 is 1.83 bits per heavy atom. The Morgan fingerprint density at radius 3 is 2.57 bits per heavy atom. The highest BCUT2D eigenvalue weighted by Crippen LogP contribution is 2.37. The summed E-state index contributed by atoms with van der Waals surface area (Å²) >= 11 is 1.35. The molecule has 0 bridgehead atoms. The predicted molar refractivity (Wildman–Crippen MR) is 121 cm³/mol. The molecule has 1 aliphatic rings. The van der Waals surface area contributed by atoms with E-state index in [9.17, 15) is 9.18 Å². The quantitative estimate of drug-likeness (QED) is 0.448. The first kappa shape index (κ1) is 20.9. The maximum absolute atomic E-state index is 14.1. The van der Waals surface area contributed by atoms with Gasteiger partial charge in [-0.15, -0.1) is 11.8 Å². The number of rotatable bonds is 7. The molecule has 0 aliphatic heterocycles. The van der Waals surface area contributed by atoms with Crippen LogP contribution in [-0.2, 0) is 4.79 Å². The molecule has 0 radical (unpaired) electrons. The van der Waals surface area contributed by atoms with E-state index >= 15 is 0 Å². The van der Waals surface area contributed by atoms with Crippen molar-refractivity contribution < 1.29 is 14.3 Å². The van der Waals surface area contributed by atoms with E-state index in [-0.39, 0.29) is 17.6 Å². The van der Waals surface area contributed by atoms with Crippen molar-refractivity contribution in [3.05, 3.63) is 77.6 Å². The third-order valence-electron chi connectivity index (χ3n) is 6.00. The number of fused-ring (bicyclic) bond motifs is 1. The van der Waals surface area contributed by atoms with E-state index < -0.39 is 5.97 Å². The maximum Gasteiger partial charge on any atom is 0.313 e. The molecule has 3 atom stereocenters. The lowest BCUT2D eigenvalue weighted by molar-refractivity contribution is -0.133. The number of nitrogens with one attached hydrogen (secondary N) is 1. The summed E-state index contributed by atoms with van der Waals surface area (Å²) in [6.45, 7) is 2.15. The summed E-state index contributed by atoms with van der Waals surface area (Å²) in [6, 6.07) is 20.0. The van der Waals surface area contributed by atoms with Gasteiger partial charge in [-0.3, -0.25) is 4.79 Å². The van der Waals surface area contributed by atoms with E-state index in [0.29, 0.717) is 17.3 Å². The Hall–Kier alpha value is -2.37. The third kappa shape index (κ3) is 4.68. The second-order valence-corrected chi connectivity index (χ2v) is 9.08. The second-order valence-electron chi connectivity index (χ2n) is 8.03. The predicted octanol–water partition coefficient (Wildman–Crippen LogP) is 6.14. The fraction of sp³-hybridized carbons (Fsp3) is 0.320. The van der Waals surface area contributed by atoms with Crippen molar-refractivity contribution in [3.63, 3.8) is 0 Å². The standard InChI is InChI=1S/C25H26FNO2S/c1-16(21-12-13-24(26)23-5-3-2-4-22(21)23)27-19-9-6-18(14-19)17-7-10-20(11-8-17)30-15-25(28)29/h2-5,7-8,10-13,16,18-19,27H,6,9,14-15H2,1H3,(H,28,29)/t16-,18-,19+/m1/s1. The number of hydrogen-bond acceptors (Lipinski definition) is 3. The second kappa shape index (κ2) is 9.19. The van der Waals surface area contributed by atoms with Crippen LogP contribution in [0.5, 0.6) is 0 Å². The SMILES string of the molecule is C[C@@H](N[C@H]1CC[C@@H](c2ccc(SCC(=O)O)cc2)C1)c1ccc(F)c2ccccc12. The molecule has 0 saturated heterocycles. The first-order valence-electron chi connectivity index (χ1n) is 10.4. The number of hydrogen-bond donors (Lipinski definition) is 2. The van der Waals surface area contributed by atoms with Gasteiger partial charge in [0, 0.05) is 22.4 Å². The van der Waals surface area contributed by atoms with Crippen LogP contribution in [0.3, 0.4) is 0 Å². The molecule has 1 aliphatic carbocycles. The summed E-state index contributed by atoms with van der Waals surface area (Å²) < 4.78 is 14.1. The van der Waals surface area contributed by atoms with Crippen molar-refractivity contribution in [1.82, 2.24) is 5.32 Å². The Labute approximate surface area is 180 Å².